The Balaban J connectivity index is 1.36. The molecule has 7 nitrogen and oxygen atoms in total. The van der Waals surface area contributed by atoms with Gasteiger partial charge in [0.15, 0.2) is 12.4 Å². The van der Waals surface area contributed by atoms with Gasteiger partial charge in [-0.25, -0.2) is 0 Å². The largest absolute Gasteiger partial charge is 0.484 e. The Hall–Kier alpha value is -3.71. The van der Waals surface area contributed by atoms with Gasteiger partial charge in [-0.3, -0.25) is 19.4 Å². The number of halogens is 1. The van der Waals surface area contributed by atoms with E-state index in [-0.39, 0.29) is 37.2 Å². The van der Waals surface area contributed by atoms with Crippen molar-refractivity contribution in [3.05, 3.63) is 94.8 Å². The van der Waals surface area contributed by atoms with Crippen molar-refractivity contribution in [1.29, 1.82) is 0 Å². The molecule has 1 heterocycles. The second-order valence-corrected chi connectivity index (χ2v) is 7.32. The highest BCUT2D eigenvalue weighted by atomic mass is 35.5. The Kier molecular flexibility index (Phi) is 8.34. The second-order valence-electron chi connectivity index (χ2n) is 6.88. The lowest BCUT2D eigenvalue weighted by Gasteiger charge is -2.09. The van der Waals surface area contributed by atoms with E-state index >= 15 is 0 Å². The standard InChI is InChI=1S/C24H22ClN3O4/c25-20-5-1-18(2-6-20)24(31)19-3-7-21(8-4-19)32-16-23(30)27-14-11-22(29)28-15-17-9-12-26-13-10-17/h1-10,12-13H,11,14-16H2,(H,27,30)(H,28,29). The number of rotatable bonds is 10. The maximum Gasteiger partial charge on any atom is 0.257 e. The van der Waals surface area contributed by atoms with Crippen molar-refractivity contribution in [2.24, 2.45) is 0 Å². The van der Waals surface area contributed by atoms with E-state index in [1.807, 2.05) is 12.1 Å². The van der Waals surface area contributed by atoms with Gasteiger partial charge in [0.2, 0.25) is 5.91 Å². The number of carbonyl (C=O) groups is 3. The summed E-state index contributed by atoms with van der Waals surface area (Å²) in [5.74, 6) is -0.173. The van der Waals surface area contributed by atoms with E-state index in [2.05, 4.69) is 15.6 Å². The van der Waals surface area contributed by atoms with Crippen LogP contribution in [0.3, 0.4) is 0 Å². The molecule has 0 aliphatic heterocycles. The first-order valence-corrected chi connectivity index (χ1v) is 10.3. The van der Waals surface area contributed by atoms with Crippen molar-refractivity contribution in [3.63, 3.8) is 0 Å². The number of amides is 2. The predicted molar refractivity (Wildman–Crippen MR) is 121 cm³/mol. The maximum absolute atomic E-state index is 12.5. The van der Waals surface area contributed by atoms with Crippen molar-refractivity contribution >= 4 is 29.2 Å². The molecule has 2 amide bonds. The van der Waals surface area contributed by atoms with Crippen LogP contribution in [0.1, 0.15) is 27.9 Å². The Morgan fingerprint density at radius 1 is 0.812 bits per heavy atom. The van der Waals surface area contributed by atoms with Gasteiger partial charge in [0, 0.05) is 48.1 Å². The number of aromatic nitrogens is 1. The lowest BCUT2D eigenvalue weighted by Crippen LogP contribution is -2.33. The molecule has 0 unspecified atom stereocenters. The number of carbonyl (C=O) groups excluding carboxylic acids is 3. The first-order valence-electron chi connectivity index (χ1n) is 9.97. The van der Waals surface area contributed by atoms with Crippen LogP contribution in [0, 0.1) is 0 Å². The highest BCUT2D eigenvalue weighted by molar-refractivity contribution is 6.30. The zero-order chi connectivity index (χ0) is 22.8. The molecule has 0 saturated heterocycles. The van der Waals surface area contributed by atoms with Gasteiger partial charge in [-0.1, -0.05) is 11.6 Å². The van der Waals surface area contributed by atoms with Crippen LogP contribution in [-0.2, 0) is 16.1 Å². The average Bonchev–Trinajstić information content (AvgIpc) is 2.82. The van der Waals surface area contributed by atoms with Crippen molar-refractivity contribution < 1.29 is 19.1 Å². The van der Waals surface area contributed by atoms with Crippen LogP contribution in [0.2, 0.25) is 5.02 Å². The number of hydrogen-bond donors (Lipinski definition) is 2. The van der Waals surface area contributed by atoms with E-state index in [0.29, 0.717) is 28.4 Å². The van der Waals surface area contributed by atoms with Crippen molar-refractivity contribution in [2.45, 2.75) is 13.0 Å². The number of benzene rings is 2. The summed E-state index contributed by atoms with van der Waals surface area (Å²) in [5.41, 5.74) is 1.99. The summed E-state index contributed by atoms with van der Waals surface area (Å²) >= 11 is 5.85. The predicted octanol–water partition coefficient (Wildman–Crippen LogP) is 3.17. The highest BCUT2D eigenvalue weighted by Gasteiger charge is 2.10. The summed E-state index contributed by atoms with van der Waals surface area (Å²) < 4.78 is 5.44. The topological polar surface area (TPSA) is 97.4 Å². The average molecular weight is 452 g/mol. The SMILES string of the molecule is O=C(CCNC(=O)COc1ccc(C(=O)c2ccc(Cl)cc2)cc1)NCc1ccncc1. The lowest BCUT2D eigenvalue weighted by molar-refractivity contribution is -0.123. The summed E-state index contributed by atoms with van der Waals surface area (Å²) in [4.78, 5) is 40.1. The fourth-order valence-electron chi connectivity index (χ4n) is 2.78. The first kappa shape index (κ1) is 23.0. The number of nitrogens with zero attached hydrogens (tertiary/aromatic N) is 1. The normalized spacial score (nSPS) is 10.3. The van der Waals surface area contributed by atoms with Crippen molar-refractivity contribution in [3.8, 4) is 5.75 Å². The highest BCUT2D eigenvalue weighted by Crippen LogP contribution is 2.17. The van der Waals surface area contributed by atoms with E-state index in [9.17, 15) is 14.4 Å². The van der Waals surface area contributed by atoms with Gasteiger partial charge in [0.25, 0.3) is 5.91 Å². The first-order chi connectivity index (χ1) is 15.5. The molecule has 0 radical (unpaired) electrons. The molecular weight excluding hydrogens is 430 g/mol. The molecule has 32 heavy (non-hydrogen) atoms. The molecular formula is C24H22ClN3O4. The summed E-state index contributed by atoms with van der Waals surface area (Å²) in [7, 11) is 0. The van der Waals surface area contributed by atoms with E-state index in [4.69, 9.17) is 16.3 Å². The summed E-state index contributed by atoms with van der Waals surface area (Å²) in [6.07, 6.45) is 3.48. The van der Waals surface area contributed by atoms with Crippen LogP contribution in [0.15, 0.2) is 73.1 Å². The van der Waals surface area contributed by atoms with Crippen molar-refractivity contribution in [1.82, 2.24) is 15.6 Å². The molecule has 164 valence electrons. The molecule has 3 aromatic rings. The van der Waals surface area contributed by atoms with E-state index in [0.717, 1.165) is 5.56 Å². The van der Waals surface area contributed by atoms with Gasteiger partial charge in [-0.15, -0.1) is 0 Å². The minimum atomic E-state index is -0.340. The summed E-state index contributed by atoms with van der Waals surface area (Å²) in [5, 5.41) is 5.98. The third kappa shape index (κ3) is 7.21. The smallest absolute Gasteiger partial charge is 0.257 e. The van der Waals surface area contributed by atoms with Crippen LogP contribution in [0.25, 0.3) is 0 Å². The molecule has 2 aromatic carbocycles. The fourth-order valence-corrected chi connectivity index (χ4v) is 2.90. The van der Waals surface area contributed by atoms with Crippen LogP contribution in [0.5, 0.6) is 5.75 Å². The summed E-state index contributed by atoms with van der Waals surface area (Å²) in [6.45, 7) is 0.428. The Morgan fingerprint density at radius 2 is 1.44 bits per heavy atom. The van der Waals surface area contributed by atoms with Gasteiger partial charge >= 0.3 is 0 Å². The summed E-state index contributed by atoms with van der Waals surface area (Å²) in [6, 6.07) is 16.8. The number of pyridine rings is 1. The lowest BCUT2D eigenvalue weighted by atomic mass is 10.0. The fraction of sp³-hybridized carbons (Fsp3) is 0.167. The maximum atomic E-state index is 12.5. The molecule has 0 saturated carbocycles. The Morgan fingerprint density at radius 3 is 2.09 bits per heavy atom. The molecule has 8 heteroatoms. The minimum Gasteiger partial charge on any atom is -0.484 e. The molecule has 0 spiro atoms. The van der Waals surface area contributed by atoms with Crippen LogP contribution in [0.4, 0.5) is 0 Å². The number of nitrogens with one attached hydrogen (secondary N) is 2. The number of hydrogen-bond acceptors (Lipinski definition) is 5. The third-order valence-corrected chi connectivity index (χ3v) is 4.76. The van der Waals surface area contributed by atoms with Gasteiger partial charge < -0.3 is 15.4 Å². The number of ketones is 1. The van der Waals surface area contributed by atoms with E-state index in [1.165, 1.54) is 0 Å². The van der Waals surface area contributed by atoms with Crippen LogP contribution >= 0.6 is 11.6 Å². The molecule has 2 N–H and O–H groups in total. The molecule has 0 bridgehead atoms. The molecule has 0 fully saturated rings. The third-order valence-electron chi connectivity index (χ3n) is 4.51. The molecule has 0 atom stereocenters. The van der Waals surface area contributed by atoms with Gasteiger partial charge in [-0.05, 0) is 66.2 Å². The Bertz CT molecular complexity index is 1050. The zero-order valence-electron chi connectivity index (χ0n) is 17.2. The Labute approximate surface area is 190 Å². The molecule has 3 rings (SSSR count). The minimum absolute atomic E-state index is 0.131. The van der Waals surface area contributed by atoms with E-state index in [1.54, 1.807) is 60.9 Å². The van der Waals surface area contributed by atoms with E-state index < -0.39 is 0 Å². The molecule has 0 aliphatic carbocycles. The monoisotopic (exact) mass is 451 g/mol. The second kappa shape index (κ2) is 11.6. The van der Waals surface area contributed by atoms with Gasteiger partial charge in [-0.2, -0.15) is 0 Å². The van der Waals surface area contributed by atoms with Crippen molar-refractivity contribution in [2.75, 3.05) is 13.2 Å². The van der Waals surface area contributed by atoms with Gasteiger partial charge in [0.1, 0.15) is 5.75 Å². The zero-order valence-corrected chi connectivity index (χ0v) is 18.0. The molecule has 1 aromatic heterocycles. The number of ether oxygens (including phenoxy) is 1. The molecule has 0 aliphatic rings. The quantitative estimate of drug-likeness (QED) is 0.461. The van der Waals surface area contributed by atoms with Crippen LogP contribution in [-0.4, -0.2) is 35.7 Å². The van der Waals surface area contributed by atoms with Crippen LogP contribution < -0.4 is 15.4 Å². The van der Waals surface area contributed by atoms with Gasteiger partial charge in [0.05, 0.1) is 0 Å².